The van der Waals surface area contributed by atoms with Gasteiger partial charge in [0.05, 0.1) is 0 Å². The van der Waals surface area contributed by atoms with E-state index in [0.29, 0.717) is 5.82 Å². The van der Waals surface area contributed by atoms with E-state index >= 15 is 0 Å². The fourth-order valence-corrected chi connectivity index (χ4v) is 2.12. The molecule has 2 aromatic rings. The molecule has 3 rings (SSSR count). The average Bonchev–Trinajstić information content (AvgIpc) is 2.75. The lowest BCUT2D eigenvalue weighted by Crippen LogP contribution is -2.25. The summed E-state index contributed by atoms with van der Waals surface area (Å²) in [6.45, 7) is 0. The number of rotatable bonds is 1. The average molecular weight is 230 g/mol. The Balaban J connectivity index is 2.02. The fourth-order valence-electron chi connectivity index (χ4n) is 2.12. The normalized spacial score (nSPS) is 19.0. The highest BCUT2D eigenvalue weighted by molar-refractivity contribution is 5.55. The minimum absolute atomic E-state index is 0.0582. The molecule has 0 saturated carbocycles. The maximum Gasteiger partial charge on any atom is 0.181 e. The maximum absolute atomic E-state index is 9.24. The maximum atomic E-state index is 9.24. The van der Waals surface area contributed by atoms with Gasteiger partial charge < -0.3 is 10.8 Å². The summed E-state index contributed by atoms with van der Waals surface area (Å²) in [4.78, 5) is 4.49. The van der Waals surface area contributed by atoms with Gasteiger partial charge in [-0.15, -0.1) is 5.10 Å². The zero-order chi connectivity index (χ0) is 11.8. The van der Waals surface area contributed by atoms with Crippen LogP contribution < -0.4 is 5.73 Å². The lowest BCUT2D eigenvalue weighted by Gasteiger charge is -2.18. The van der Waals surface area contributed by atoms with E-state index in [1.54, 1.807) is 12.1 Å². The minimum atomic E-state index is -0.0582. The second kappa shape index (κ2) is 3.85. The van der Waals surface area contributed by atoms with E-state index in [0.717, 1.165) is 30.7 Å². The number of phenols is 1. The van der Waals surface area contributed by atoms with Crippen molar-refractivity contribution in [2.75, 3.05) is 0 Å². The van der Waals surface area contributed by atoms with E-state index < -0.39 is 0 Å². The van der Waals surface area contributed by atoms with E-state index in [-0.39, 0.29) is 11.9 Å². The molecule has 2 heterocycles. The van der Waals surface area contributed by atoms with Crippen LogP contribution in [0.3, 0.4) is 0 Å². The van der Waals surface area contributed by atoms with Gasteiger partial charge in [-0.05, 0) is 37.1 Å². The first-order valence-corrected chi connectivity index (χ1v) is 5.74. The number of fused-ring (bicyclic) bond motifs is 1. The summed E-state index contributed by atoms with van der Waals surface area (Å²) in [7, 11) is 0. The summed E-state index contributed by atoms with van der Waals surface area (Å²) in [5, 5.41) is 13.7. The number of nitrogens with two attached hydrogens (primary N) is 1. The van der Waals surface area contributed by atoms with Crippen molar-refractivity contribution in [3.63, 3.8) is 0 Å². The summed E-state index contributed by atoms with van der Waals surface area (Å²) < 4.78 is 1.81. The second-order valence-electron chi connectivity index (χ2n) is 4.30. The van der Waals surface area contributed by atoms with Crippen molar-refractivity contribution in [1.82, 2.24) is 14.8 Å². The lowest BCUT2D eigenvalue weighted by molar-refractivity contribution is 0.373. The Kier molecular flexibility index (Phi) is 2.33. The van der Waals surface area contributed by atoms with Crippen molar-refractivity contribution in [3.8, 4) is 17.1 Å². The van der Waals surface area contributed by atoms with Gasteiger partial charge in [-0.2, -0.15) is 0 Å². The molecule has 5 nitrogen and oxygen atoms in total. The van der Waals surface area contributed by atoms with E-state index in [9.17, 15) is 5.11 Å². The van der Waals surface area contributed by atoms with Crippen molar-refractivity contribution in [2.45, 2.75) is 25.4 Å². The number of hydrogen-bond donors (Lipinski definition) is 2. The van der Waals surface area contributed by atoms with Crippen LogP contribution in [0.25, 0.3) is 11.4 Å². The number of benzene rings is 1. The molecule has 17 heavy (non-hydrogen) atoms. The van der Waals surface area contributed by atoms with Gasteiger partial charge >= 0.3 is 0 Å². The first-order valence-electron chi connectivity index (χ1n) is 5.74. The molecule has 5 heteroatoms. The van der Waals surface area contributed by atoms with Crippen molar-refractivity contribution >= 4 is 0 Å². The van der Waals surface area contributed by atoms with Crippen LogP contribution in [-0.4, -0.2) is 19.9 Å². The molecule has 3 N–H and O–H groups in total. The van der Waals surface area contributed by atoms with Crippen LogP contribution in [0.1, 0.15) is 24.8 Å². The van der Waals surface area contributed by atoms with Crippen LogP contribution in [0.5, 0.6) is 5.75 Å². The van der Waals surface area contributed by atoms with Gasteiger partial charge in [-0.3, -0.25) is 0 Å². The van der Waals surface area contributed by atoms with Gasteiger partial charge in [0.25, 0.3) is 0 Å². The summed E-state index contributed by atoms with van der Waals surface area (Å²) in [5.74, 6) is 1.87. The molecule has 0 spiro atoms. The molecular formula is C12H14N4O. The van der Waals surface area contributed by atoms with Crippen LogP contribution >= 0.6 is 0 Å². The first kappa shape index (κ1) is 10.3. The SMILES string of the molecule is NC1CCCc2nc(-c3ccc(O)cc3)nn21. The third-order valence-electron chi connectivity index (χ3n) is 3.04. The van der Waals surface area contributed by atoms with Crippen molar-refractivity contribution < 1.29 is 5.11 Å². The number of nitrogens with zero attached hydrogens (tertiary/aromatic N) is 3. The van der Waals surface area contributed by atoms with E-state index in [2.05, 4.69) is 10.1 Å². The Labute approximate surface area is 98.9 Å². The first-order chi connectivity index (χ1) is 8.24. The molecule has 1 aromatic heterocycles. The third kappa shape index (κ3) is 1.78. The van der Waals surface area contributed by atoms with Crippen LogP contribution in [0.4, 0.5) is 0 Å². The second-order valence-corrected chi connectivity index (χ2v) is 4.30. The molecule has 0 radical (unpaired) electrons. The topological polar surface area (TPSA) is 77.0 Å². The third-order valence-corrected chi connectivity index (χ3v) is 3.04. The summed E-state index contributed by atoms with van der Waals surface area (Å²) in [5.41, 5.74) is 6.88. The van der Waals surface area contributed by atoms with Crippen molar-refractivity contribution in [3.05, 3.63) is 30.1 Å². The van der Waals surface area contributed by atoms with Gasteiger partial charge in [0, 0.05) is 12.0 Å². The van der Waals surface area contributed by atoms with Crippen molar-refractivity contribution in [2.24, 2.45) is 5.73 Å². The van der Waals surface area contributed by atoms with Crippen LogP contribution in [0.2, 0.25) is 0 Å². The Bertz CT molecular complexity index is 532. The van der Waals surface area contributed by atoms with E-state index in [4.69, 9.17) is 5.73 Å². The molecule has 1 aliphatic rings. The highest BCUT2D eigenvalue weighted by Gasteiger charge is 2.20. The Morgan fingerprint density at radius 2 is 2.06 bits per heavy atom. The highest BCUT2D eigenvalue weighted by atomic mass is 16.3. The molecule has 1 aliphatic heterocycles. The summed E-state index contributed by atoms with van der Waals surface area (Å²) in [6, 6.07) is 6.88. The van der Waals surface area contributed by atoms with Crippen LogP contribution in [0.15, 0.2) is 24.3 Å². The van der Waals surface area contributed by atoms with E-state index in [1.807, 2.05) is 16.8 Å². The van der Waals surface area contributed by atoms with Crippen molar-refractivity contribution in [1.29, 1.82) is 0 Å². The van der Waals surface area contributed by atoms with Crippen LogP contribution in [0, 0.1) is 0 Å². The molecule has 1 atom stereocenters. The summed E-state index contributed by atoms with van der Waals surface area (Å²) in [6.07, 6.45) is 2.89. The molecule has 0 bridgehead atoms. The molecule has 0 aliphatic carbocycles. The quantitative estimate of drug-likeness (QED) is 0.777. The Morgan fingerprint density at radius 3 is 2.76 bits per heavy atom. The number of hydrogen-bond acceptors (Lipinski definition) is 4. The van der Waals surface area contributed by atoms with E-state index in [1.165, 1.54) is 0 Å². The van der Waals surface area contributed by atoms with Gasteiger partial charge in [-0.25, -0.2) is 9.67 Å². The summed E-state index contributed by atoms with van der Waals surface area (Å²) >= 11 is 0. The Hall–Kier alpha value is -1.88. The van der Waals surface area contributed by atoms with Crippen LogP contribution in [-0.2, 0) is 6.42 Å². The minimum Gasteiger partial charge on any atom is -0.508 e. The Morgan fingerprint density at radius 1 is 1.29 bits per heavy atom. The predicted octanol–water partition coefficient (Wildman–Crippen LogP) is 1.44. The zero-order valence-corrected chi connectivity index (χ0v) is 9.37. The number of aromatic hydroxyl groups is 1. The fraction of sp³-hybridized carbons (Fsp3) is 0.333. The number of phenolic OH excluding ortho intramolecular Hbond substituents is 1. The molecule has 0 saturated heterocycles. The largest absolute Gasteiger partial charge is 0.508 e. The molecule has 1 aromatic carbocycles. The monoisotopic (exact) mass is 230 g/mol. The number of aryl methyl sites for hydroxylation is 1. The van der Waals surface area contributed by atoms with Gasteiger partial charge in [-0.1, -0.05) is 0 Å². The highest BCUT2D eigenvalue weighted by Crippen LogP contribution is 2.24. The molecule has 88 valence electrons. The molecule has 1 unspecified atom stereocenters. The van der Waals surface area contributed by atoms with Gasteiger partial charge in [0.1, 0.15) is 17.7 Å². The number of aromatic nitrogens is 3. The van der Waals surface area contributed by atoms with Gasteiger partial charge in [0.2, 0.25) is 0 Å². The molecular weight excluding hydrogens is 216 g/mol. The zero-order valence-electron chi connectivity index (χ0n) is 9.37. The standard InChI is InChI=1S/C12H14N4O/c13-10-2-1-3-11-14-12(15-16(10)11)8-4-6-9(17)7-5-8/h4-7,10,17H,1-3,13H2. The molecule has 0 fully saturated rings. The molecule has 0 amide bonds. The predicted molar refractivity (Wildman–Crippen MR) is 63.3 cm³/mol. The van der Waals surface area contributed by atoms with Gasteiger partial charge in [0.15, 0.2) is 5.82 Å². The smallest absolute Gasteiger partial charge is 0.181 e. The lowest BCUT2D eigenvalue weighted by atomic mass is 10.1.